The molecular weight excluding hydrogens is 488 g/mol. The Balaban J connectivity index is 1.46. The first kappa shape index (κ1) is 22.6. The third-order valence-electron chi connectivity index (χ3n) is 7.22. The molecule has 0 unspecified atom stereocenters. The first-order chi connectivity index (χ1) is 17.6. The van der Waals surface area contributed by atoms with Crippen LogP contribution in [0.1, 0.15) is 20.9 Å². The van der Waals surface area contributed by atoms with Gasteiger partial charge in [-0.2, -0.15) is 0 Å². The van der Waals surface area contributed by atoms with Crippen LogP contribution in [0.3, 0.4) is 0 Å². The minimum atomic E-state index is -1.06. The lowest BCUT2D eigenvalue weighted by atomic mass is 9.69. The average molecular weight is 515 g/mol. The van der Waals surface area contributed by atoms with Gasteiger partial charge in [-0.1, -0.05) is 60.7 Å². The third kappa shape index (κ3) is 3.13. The van der Waals surface area contributed by atoms with Gasteiger partial charge in [0.05, 0.1) is 26.4 Å². The number of thiophene rings is 2. The molecule has 4 heterocycles. The van der Waals surface area contributed by atoms with Crippen LogP contribution in [0.5, 0.6) is 0 Å². The van der Waals surface area contributed by atoms with Crippen molar-refractivity contribution in [2.24, 2.45) is 0 Å². The highest BCUT2D eigenvalue weighted by molar-refractivity contribution is 7.16. The summed E-state index contributed by atoms with van der Waals surface area (Å²) in [6, 6.07) is 25.6. The summed E-state index contributed by atoms with van der Waals surface area (Å²) < 4.78 is 25.6. The lowest BCUT2D eigenvalue weighted by molar-refractivity contribution is -0.300. The van der Waals surface area contributed by atoms with Gasteiger partial charge in [0.2, 0.25) is 0 Å². The Morgan fingerprint density at radius 2 is 0.917 bits per heavy atom. The molecule has 0 N–H and O–H groups in total. The molecule has 2 aromatic heterocycles. The molecule has 0 atom stereocenters. The zero-order chi connectivity index (χ0) is 24.3. The van der Waals surface area contributed by atoms with Crippen molar-refractivity contribution in [3.63, 3.8) is 0 Å². The van der Waals surface area contributed by atoms with Crippen LogP contribution in [0.2, 0.25) is 0 Å². The average Bonchev–Trinajstić information content (AvgIpc) is 3.71. The molecular formula is C30H26O4S2. The highest BCUT2D eigenvalue weighted by Gasteiger charge is 2.74. The van der Waals surface area contributed by atoms with Crippen molar-refractivity contribution in [1.82, 2.24) is 0 Å². The van der Waals surface area contributed by atoms with Crippen molar-refractivity contribution in [3.05, 3.63) is 93.7 Å². The molecule has 0 radical (unpaired) electrons. The monoisotopic (exact) mass is 514 g/mol. The summed E-state index contributed by atoms with van der Waals surface area (Å²) in [6.45, 7) is 6.40. The molecule has 0 bridgehead atoms. The summed E-state index contributed by atoms with van der Waals surface area (Å²) in [6.07, 6.45) is 0. The Morgan fingerprint density at radius 3 is 1.28 bits per heavy atom. The van der Waals surface area contributed by atoms with Crippen molar-refractivity contribution in [2.75, 3.05) is 26.4 Å². The highest BCUT2D eigenvalue weighted by atomic mass is 32.1. The van der Waals surface area contributed by atoms with Crippen LogP contribution in [0, 0.1) is 13.8 Å². The van der Waals surface area contributed by atoms with Gasteiger partial charge in [0.1, 0.15) is 0 Å². The largest absolute Gasteiger partial charge is 0.339 e. The maximum Gasteiger partial charge on any atom is 0.257 e. The molecule has 6 heteroatoms. The Labute approximate surface area is 218 Å². The third-order valence-corrected chi connectivity index (χ3v) is 9.42. The van der Waals surface area contributed by atoms with E-state index >= 15 is 0 Å². The zero-order valence-electron chi connectivity index (χ0n) is 20.2. The second-order valence-electron chi connectivity index (χ2n) is 9.27. The van der Waals surface area contributed by atoms with Gasteiger partial charge in [0.25, 0.3) is 11.6 Å². The fourth-order valence-corrected chi connectivity index (χ4v) is 7.73. The van der Waals surface area contributed by atoms with E-state index in [9.17, 15) is 0 Å². The summed E-state index contributed by atoms with van der Waals surface area (Å²) in [7, 11) is 0. The van der Waals surface area contributed by atoms with Crippen LogP contribution in [0.4, 0.5) is 0 Å². The number of fused-ring (bicyclic) bond motifs is 1. The standard InChI is InChI=1S/C30H26O4S2/c1-19-23(17-25(35-19)21-9-5-3-6-10-21)27-28(30(33-15-16-34-30)29(27)31-13-14-32-29)24-18-26(36-20(24)2)22-11-7-4-8-12-22/h3-12,17-18H,13-16H2,1-2H3. The smallest absolute Gasteiger partial charge is 0.257 e. The lowest BCUT2D eigenvalue weighted by Crippen LogP contribution is -2.65. The van der Waals surface area contributed by atoms with Gasteiger partial charge in [-0.15, -0.1) is 22.7 Å². The summed E-state index contributed by atoms with van der Waals surface area (Å²) in [5.41, 5.74) is 6.79. The summed E-state index contributed by atoms with van der Waals surface area (Å²) in [5, 5.41) is 0. The molecule has 4 nitrogen and oxygen atoms in total. The molecule has 182 valence electrons. The van der Waals surface area contributed by atoms with Crippen molar-refractivity contribution in [2.45, 2.75) is 25.4 Å². The molecule has 2 fully saturated rings. The van der Waals surface area contributed by atoms with Crippen LogP contribution in [0.15, 0.2) is 72.8 Å². The molecule has 2 aliphatic heterocycles. The first-order valence-corrected chi connectivity index (χ1v) is 13.9. The molecule has 0 saturated carbocycles. The Bertz CT molecular complexity index is 1340. The molecule has 7 rings (SSSR count). The predicted octanol–water partition coefficient (Wildman–Crippen LogP) is 7.17. The van der Waals surface area contributed by atoms with Crippen LogP contribution in [-0.4, -0.2) is 38.0 Å². The SMILES string of the molecule is Cc1sc(-c2ccccc2)cc1C1=C(c2cc(-c3ccccc3)sc2C)C2(OCCO2)C12OCCO2. The zero-order valence-corrected chi connectivity index (χ0v) is 21.8. The minimum absolute atomic E-state index is 0.512. The molecule has 2 aromatic carbocycles. The summed E-state index contributed by atoms with van der Waals surface area (Å²) in [5.74, 6) is -2.11. The van der Waals surface area contributed by atoms with Crippen LogP contribution in [-0.2, 0) is 18.9 Å². The lowest BCUT2D eigenvalue weighted by Gasteiger charge is -2.53. The Hall–Kier alpha value is -2.58. The quantitative estimate of drug-likeness (QED) is 0.289. The van der Waals surface area contributed by atoms with E-state index < -0.39 is 11.6 Å². The Morgan fingerprint density at radius 1 is 0.556 bits per heavy atom. The van der Waals surface area contributed by atoms with Crippen LogP contribution in [0.25, 0.3) is 32.0 Å². The molecule has 2 spiro atoms. The van der Waals surface area contributed by atoms with Gasteiger partial charge in [-0.25, -0.2) is 0 Å². The number of benzene rings is 2. The van der Waals surface area contributed by atoms with Gasteiger partial charge >= 0.3 is 0 Å². The number of hydrogen-bond donors (Lipinski definition) is 0. The van der Waals surface area contributed by atoms with Crippen molar-refractivity contribution >= 4 is 33.8 Å². The van der Waals surface area contributed by atoms with E-state index in [1.807, 2.05) is 0 Å². The molecule has 1 aliphatic carbocycles. The number of rotatable bonds is 4. The van der Waals surface area contributed by atoms with Gasteiger partial charge < -0.3 is 18.9 Å². The topological polar surface area (TPSA) is 36.9 Å². The Kier molecular flexibility index (Phi) is 5.33. The normalized spacial score (nSPS) is 19.9. The fraction of sp³-hybridized carbons (Fsp3) is 0.267. The maximum atomic E-state index is 6.41. The van der Waals surface area contributed by atoms with Crippen molar-refractivity contribution in [3.8, 4) is 20.9 Å². The second kappa shape index (κ2) is 8.48. The van der Waals surface area contributed by atoms with Gasteiger partial charge in [-0.05, 0) is 48.2 Å². The first-order valence-electron chi connectivity index (χ1n) is 12.3. The maximum absolute atomic E-state index is 6.41. The number of ether oxygens (including phenoxy) is 4. The van der Waals surface area contributed by atoms with Gasteiger partial charge in [0.15, 0.2) is 0 Å². The van der Waals surface area contributed by atoms with Gasteiger partial charge in [0, 0.05) is 30.7 Å². The van der Waals surface area contributed by atoms with E-state index in [2.05, 4.69) is 86.6 Å². The van der Waals surface area contributed by atoms with Crippen LogP contribution < -0.4 is 0 Å². The highest BCUT2D eigenvalue weighted by Crippen LogP contribution is 2.66. The van der Waals surface area contributed by atoms with E-state index in [1.165, 1.54) is 30.6 Å². The van der Waals surface area contributed by atoms with Crippen molar-refractivity contribution in [1.29, 1.82) is 0 Å². The molecule has 0 amide bonds. The van der Waals surface area contributed by atoms with Crippen molar-refractivity contribution < 1.29 is 18.9 Å². The van der Waals surface area contributed by atoms with E-state index in [0.717, 1.165) is 22.3 Å². The molecule has 36 heavy (non-hydrogen) atoms. The molecule has 4 aromatic rings. The molecule has 3 aliphatic rings. The van der Waals surface area contributed by atoms with Crippen LogP contribution >= 0.6 is 22.7 Å². The van der Waals surface area contributed by atoms with Gasteiger partial charge in [-0.3, -0.25) is 0 Å². The molecule has 2 saturated heterocycles. The van der Waals surface area contributed by atoms with E-state index in [-0.39, 0.29) is 0 Å². The van der Waals surface area contributed by atoms with E-state index in [1.54, 1.807) is 22.7 Å². The predicted molar refractivity (Wildman–Crippen MR) is 145 cm³/mol. The summed E-state index contributed by atoms with van der Waals surface area (Å²) >= 11 is 3.59. The fourth-order valence-electron chi connectivity index (χ4n) is 5.66. The second-order valence-corrected chi connectivity index (χ2v) is 11.8. The minimum Gasteiger partial charge on any atom is -0.339 e. The summed E-state index contributed by atoms with van der Waals surface area (Å²) in [4.78, 5) is 4.90. The number of hydrogen-bond acceptors (Lipinski definition) is 6. The number of aryl methyl sites for hydroxylation is 2. The van der Waals surface area contributed by atoms with E-state index in [0.29, 0.717) is 26.4 Å². The van der Waals surface area contributed by atoms with E-state index in [4.69, 9.17) is 18.9 Å².